The molecule has 0 rings (SSSR count). The third kappa shape index (κ3) is 3.54. The van der Waals surface area contributed by atoms with Gasteiger partial charge in [-0.25, -0.2) is 4.79 Å². The first kappa shape index (κ1) is 9.86. The van der Waals surface area contributed by atoms with Gasteiger partial charge in [-0.2, -0.15) is 0 Å². The molecule has 0 unspecified atom stereocenters. The lowest BCUT2D eigenvalue weighted by molar-refractivity contribution is -0.148. The lowest BCUT2D eigenvalue weighted by Gasteiger charge is -2.07. The summed E-state index contributed by atoms with van der Waals surface area (Å²) in [7, 11) is 0. The number of carboxylic acids is 2. The van der Waals surface area contributed by atoms with E-state index in [2.05, 4.69) is 0 Å². The first-order valence-electron chi connectivity index (χ1n) is 2.84. The van der Waals surface area contributed by atoms with Crippen LogP contribution in [0.15, 0.2) is 0 Å². The van der Waals surface area contributed by atoms with Crippen molar-refractivity contribution in [2.75, 3.05) is 0 Å². The van der Waals surface area contributed by atoms with Crippen LogP contribution in [0.3, 0.4) is 0 Å². The molecule has 0 amide bonds. The zero-order chi connectivity index (χ0) is 9.02. The number of aliphatic carboxylic acids is 2. The molecule has 0 bridgehead atoms. The Hall–Kier alpha value is -1.14. The van der Waals surface area contributed by atoms with Gasteiger partial charge in [-0.05, 0) is 0 Å². The molecule has 0 aliphatic heterocycles. The molecule has 6 nitrogen and oxygen atoms in total. The molecular weight excluding hydrogens is 154 g/mol. The van der Waals surface area contributed by atoms with E-state index in [0.717, 1.165) is 0 Å². The van der Waals surface area contributed by atoms with Crippen molar-refractivity contribution in [2.24, 2.45) is 5.73 Å². The molecule has 0 aliphatic rings. The summed E-state index contributed by atoms with van der Waals surface area (Å²) in [4.78, 5) is 20.0. The number of aliphatic hydroxyl groups is 1. The maximum atomic E-state index is 10.0. The predicted octanol–water partition coefficient (Wildman–Crippen LogP) is -1.77. The molecule has 6 heteroatoms. The van der Waals surface area contributed by atoms with Gasteiger partial charge in [0.15, 0.2) is 6.10 Å². The second-order valence-electron chi connectivity index (χ2n) is 2.03. The summed E-state index contributed by atoms with van der Waals surface area (Å²) in [6.07, 6.45) is -2.19. The minimum atomic E-state index is -1.71. The molecule has 0 saturated carbocycles. The molecule has 11 heavy (non-hydrogen) atoms. The normalized spacial score (nSPS) is 15.5. The quantitative estimate of drug-likeness (QED) is 0.389. The Morgan fingerprint density at radius 3 is 2.00 bits per heavy atom. The highest BCUT2D eigenvalue weighted by Crippen LogP contribution is 1.95. The van der Waals surface area contributed by atoms with E-state index < -0.39 is 30.5 Å². The van der Waals surface area contributed by atoms with Crippen LogP contribution in [0, 0.1) is 0 Å². The number of hydrogen-bond donors (Lipinski definition) is 4. The summed E-state index contributed by atoms with van der Waals surface area (Å²) >= 11 is 0. The third-order valence-corrected chi connectivity index (χ3v) is 1.08. The summed E-state index contributed by atoms with van der Waals surface area (Å²) in [5.74, 6) is -2.80. The van der Waals surface area contributed by atoms with Crippen LogP contribution in [-0.2, 0) is 9.59 Å². The van der Waals surface area contributed by atoms with Crippen LogP contribution in [0.4, 0.5) is 0 Å². The molecule has 0 aliphatic carbocycles. The van der Waals surface area contributed by atoms with Crippen LogP contribution in [0.2, 0.25) is 0 Å². The summed E-state index contributed by atoms with van der Waals surface area (Å²) in [6.45, 7) is 0. The Morgan fingerprint density at radius 1 is 1.27 bits per heavy atom. The fraction of sp³-hybridized carbons (Fsp3) is 0.600. The predicted molar refractivity (Wildman–Crippen MR) is 33.9 cm³/mol. The van der Waals surface area contributed by atoms with Crippen LogP contribution < -0.4 is 5.73 Å². The molecule has 0 heterocycles. The van der Waals surface area contributed by atoms with Crippen molar-refractivity contribution in [1.29, 1.82) is 0 Å². The van der Waals surface area contributed by atoms with Crippen molar-refractivity contribution < 1.29 is 24.9 Å². The highest BCUT2D eigenvalue weighted by molar-refractivity contribution is 5.76. The van der Waals surface area contributed by atoms with Crippen molar-refractivity contribution in [3.05, 3.63) is 0 Å². The fourth-order valence-corrected chi connectivity index (χ4v) is 0.442. The first-order valence-corrected chi connectivity index (χ1v) is 2.84. The Labute approximate surface area is 62.2 Å². The monoisotopic (exact) mass is 163 g/mol. The molecule has 64 valence electrons. The minimum absolute atomic E-state index is 0.481. The van der Waals surface area contributed by atoms with Gasteiger partial charge in [0.2, 0.25) is 0 Å². The van der Waals surface area contributed by atoms with Gasteiger partial charge in [0.25, 0.3) is 0 Å². The number of aliphatic hydroxyl groups excluding tert-OH is 1. The van der Waals surface area contributed by atoms with E-state index in [1.165, 1.54) is 0 Å². The van der Waals surface area contributed by atoms with E-state index in [-0.39, 0.29) is 0 Å². The Kier molecular flexibility index (Phi) is 3.49. The number of rotatable bonds is 4. The summed E-state index contributed by atoms with van der Waals surface area (Å²) in [6, 6.07) is -1.33. The van der Waals surface area contributed by atoms with Crippen LogP contribution in [-0.4, -0.2) is 39.4 Å². The van der Waals surface area contributed by atoms with Gasteiger partial charge in [0.1, 0.15) is 6.04 Å². The lowest BCUT2D eigenvalue weighted by atomic mass is 10.1. The maximum Gasteiger partial charge on any atom is 0.332 e. The molecule has 0 radical (unpaired) electrons. The Balaban J connectivity index is 3.84. The number of hydrogen-bond acceptors (Lipinski definition) is 4. The third-order valence-electron chi connectivity index (χ3n) is 1.08. The second-order valence-corrected chi connectivity index (χ2v) is 2.03. The molecule has 0 saturated heterocycles. The smallest absolute Gasteiger partial charge is 0.332 e. The van der Waals surface area contributed by atoms with Gasteiger partial charge in [-0.3, -0.25) is 4.79 Å². The van der Waals surface area contributed by atoms with E-state index in [9.17, 15) is 9.59 Å². The van der Waals surface area contributed by atoms with E-state index in [0.29, 0.717) is 0 Å². The van der Waals surface area contributed by atoms with Crippen LogP contribution in [0.5, 0.6) is 0 Å². The molecule has 2 atom stereocenters. The SMILES string of the molecule is N[C@@H](C[C@@H](O)C(=O)O)C(=O)O. The van der Waals surface area contributed by atoms with Crippen molar-refractivity contribution in [1.82, 2.24) is 0 Å². The van der Waals surface area contributed by atoms with Gasteiger partial charge < -0.3 is 21.1 Å². The van der Waals surface area contributed by atoms with Crippen molar-refractivity contribution in [3.8, 4) is 0 Å². The first-order chi connectivity index (χ1) is 4.95. The van der Waals surface area contributed by atoms with Gasteiger partial charge in [0.05, 0.1) is 0 Å². The Morgan fingerprint density at radius 2 is 1.73 bits per heavy atom. The van der Waals surface area contributed by atoms with Gasteiger partial charge >= 0.3 is 11.9 Å². The average Bonchev–Trinajstić information content (AvgIpc) is 1.87. The standard InChI is InChI=1S/C5H9NO5/c6-2(4(8)9)1-3(7)5(10)11/h2-3,7H,1,6H2,(H,8,9)(H,10,11)/t2-,3+/m0/s1. The highest BCUT2D eigenvalue weighted by atomic mass is 16.4. The van der Waals surface area contributed by atoms with Crippen LogP contribution in [0.1, 0.15) is 6.42 Å². The van der Waals surface area contributed by atoms with Gasteiger partial charge in [-0.1, -0.05) is 0 Å². The fourth-order valence-electron chi connectivity index (χ4n) is 0.442. The van der Waals surface area contributed by atoms with Crippen molar-refractivity contribution in [3.63, 3.8) is 0 Å². The van der Waals surface area contributed by atoms with E-state index in [4.69, 9.17) is 21.1 Å². The number of carbonyl (C=O) groups is 2. The zero-order valence-corrected chi connectivity index (χ0v) is 5.60. The summed E-state index contributed by atoms with van der Waals surface area (Å²) in [5, 5.41) is 24.9. The second kappa shape index (κ2) is 3.89. The highest BCUT2D eigenvalue weighted by Gasteiger charge is 2.21. The molecule has 5 N–H and O–H groups in total. The Bertz CT molecular complexity index is 150. The number of nitrogens with two attached hydrogens (primary N) is 1. The summed E-state index contributed by atoms with van der Waals surface area (Å²) in [5.41, 5.74) is 4.93. The molecule has 0 aromatic heterocycles. The molecule has 0 spiro atoms. The van der Waals surface area contributed by atoms with Gasteiger partial charge in [-0.15, -0.1) is 0 Å². The van der Waals surface area contributed by atoms with Crippen LogP contribution >= 0.6 is 0 Å². The van der Waals surface area contributed by atoms with E-state index >= 15 is 0 Å². The average molecular weight is 163 g/mol. The van der Waals surface area contributed by atoms with E-state index in [1.54, 1.807) is 0 Å². The molecular formula is C5H9NO5. The van der Waals surface area contributed by atoms with E-state index in [1.807, 2.05) is 0 Å². The topological polar surface area (TPSA) is 121 Å². The largest absolute Gasteiger partial charge is 0.480 e. The van der Waals surface area contributed by atoms with Gasteiger partial charge in [0, 0.05) is 6.42 Å². The summed E-state index contributed by atoms with van der Waals surface area (Å²) < 4.78 is 0. The molecule has 0 aromatic carbocycles. The molecule has 0 aromatic rings. The van der Waals surface area contributed by atoms with Crippen LogP contribution in [0.25, 0.3) is 0 Å². The molecule has 0 fully saturated rings. The van der Waals surface area contributed by atoms with Crippen molar-refractivity contribution >= 4 is 11.9 Å². The minimum Gasteiger partial charge on any atom is -0.480 e. The van der Waals surface area contributed by atoms with Crippen molar-refractivity contribution in [2.45, 2.75) is 18.6 Å². The lowest BCUT2D eigenvalue weighted by Crippen LogP contribution is -2.36. The maximum absolute atomic E-state index is 10.0. The zero-order valence-electron chi connectivity index (χ0n) is 5.60. The number of carboxylic acid groups (broad SMARTS) is 2.